The van der Waals surface area contributed by atoms with Gasteiger partial charge in [0.15, 0.2) is 0 Å². The molecule has 0 unspecified atom stereocenters. The molecule has 0 radical (unpaired) electrons. The molecule has 0 aliphatic rings. The van der Waals surface area contributed by atoms with Gasteiger partial charge >= 0.3 is 5.97 Å². The zero-order chi connectivity index (χ0) is 15.2. The third-order valence-corrected chi connectivity index (χ3v) is 3.54. The predicted octanol–water partition coefficient (Wildman–Crippen LogP) is 2.68. The average molecular weight is 299 g/mol. The van der Waals surface area contributed by atoms with Crippen molar-refractivity contribution in [3.05, 3.63) is 30.1 Å². The lowest BCUT2D eigenvalue weighted by Crippen LogP contribution is -2.45. The van der Waals surface area contributed by atoms with E-state index in [-0.39, 0.29) is 24.6 Å². The van der Waals surface area contributed by atoms with Crippen LogP contribution >= 0.6 is 11.8 Å². The second-order valence-electron chi connectivity index (χ2n) is 5.03. The van der Waals surface area contributed by atoms with Crippen LogP contribution in [0.4, 0.5) is 4.39 Å². The second-order valence-corrected chi connectivity index (χ2v) is 6.17. The van der Waals surface area contributed by atoms with Crippen LogP contribution in [0.5, 0.6) is 0 Å². The van der Waals surface area contributed by atoms with Crippen molar-refractivity contribution < 1.29 is 19.1 Å². The molecule has 0 aliphatic heterocycles. The summed E-state index contributed by atoms with van der Waals surface area (Å²) in [5.41, 5.74) is -0.786. The van der Waals surface area contributed by atoms with Crippen molar-refractivity contribution in [1.82, 2.24) is 5.32 Å². The van der Waals surface area contributed by atoms with Crippen LogP contribution in [0.15, 0.2) is 29.2 Å². The fourth-order valence-corrected chi connectivity index (χ4v) is 2.57. The molecular weight excluding hydrogens is 281 g/mol. The number of carbonyl (C=O) groups excluding carboxylic acids is 1. The third-order valence-electron chi connectivity index (χ3n) is 2.49. The van der Waals surface area contributed by atoms with Gasteiger partial charge in [-0.15, -0.1) is 11.8 Å². The number of benzene rings is 1. The number of hydrogen-bond donors (Lipinski definition) is 2. The van der Waals surface area contributed by atoms with Crippen LogP contribution in [-0.4, -0.2) is 28.3 Å². The Morgan fingerprint density at radius 2 is 2.00 bits per heavy atom. The molecule has 1 amide bonds. The van der Waals surface area contributed by atoms with Gasteiger partial charge in [0.25, 0.3) is 0 Å². The summed E-state index contributed by atoms with van der Waals surface area (Å²) < 4.78 is 13.3. The first-order valence-electron chi connectivity index (χ1n) is 6.20. The maximum atomic E-state index is 13.3. The van der Waals surface area contributed by atoms with Crippen LogP contribution in [0.1, 0.15) is 26.7 Å². The predicted molar refractivity (Wildman–Crippen MR) is 76.2 cm³/mol. The molecule has 0 saturated heterocycles. The fraction of sp³-hybridized carbons (Fsp3) is 0.429. The van der Waals surface area contributed by atoms with Crippen molar-refractivity contribution in [2.45, 2.75) is 37.1 Å². The number of rotatable bonds is 7. The molecule has 0 heterocycles. The van der Waals surface area contributed by atoms with Crippen molar-refractivity contribution in [3.8, 4) is 0 Å². The van der Waals surface area contributed by atoms with Crippen molar-refractivity contribution in [2.75, 3.05) is 5.75 Å². The van der Waals surface area contributed by atoms with E-state index in [1.165, 1.54) is 17.8 Å². The topological polar surface area (TPSA) is 66.4 Å². The van der Waals surface area contributed by atoms with Gasteiger partial charge in [-0.05, 0) is 26.0 Å². The zero-order valence-electron chi connectivity index (χ0n) is 11.5. The smallest absolute Gasteiger partial charge is 0.305 e. The lowest BCUT2D eigenvalue weighted by atomic mass is 10.0. The van der Waals surface area contributed by atoms with Crippen molar-refractivity contribution in [3.63, 3.8) is 0 Å². The van der Waals surface area contributed by atoms with Crippen LogP contribution in [0.2, 0.25) is 0 Å². The number of carbonyl (C=O) groups is 2. The number of aliphatic carboxylic acids is 1. The van der Waals surface area contributed by atoms with E-state index >= 15 is 0 Å². The van der Waals surface area contributed by atoms with Crippen molar-refractivity contribution >= 4 is 23.6 Å². The molecule has 0 atom stereocenters. The van der Waals surface area contributed by atoms with Crippen LogP contribution in [0, 0.1) is 5.82 Å². The number of halogens is 1. The molecule has 0 fully saturated rings. The summed E-state index contributed by atoms with van der Waals surface area (Å²) in [6.07, 6.45) is 0.0707. The van der Waals surface area contributed by atoms with Crippen LogP contribution in [-0.2, 0) is 9.59 Å². The standard InChI is InChI=1S/C14H18FNO3S/c1-14(2,9-13(18)19)16-12(17)7-8-20-11-6-4-3-5-10(11)15/h3-6H,7-9H2,1-2H3,(H,16,17)(H,18,19). The highest BCUT2D eigenvalue weighted by atomic mass is 32.2. The summed E-state index contributed by atoms with van der Waals surface area (Å²) in [6, 6.07) is 6.38. The first-order valence-corrected chi connectivity index (χ1v) is 7.19. The average Bonchev–Trinajstić information content (AvgIpc) is 2.29. The second kappa shape index (κ2) is 7.28. The maximum absolute atomic E-state index is 13.3. The molecule has 0 spiro atoms. The van der Waals surface area contributed by atoms with E-state index in [9.17, 15) is 14.0 Å². The molecule has 4 nitrogen and oxygen atoms in total. The SMILES string of the molecule is CC(C)(CC(=O)O)NC(=O)CCSc1ccccc1F. The van der Waals surface area contributed by atoms with Gasteiger partial charge in [-0.2, -0.15) is 0 Å². The Hall–Kier alpha value is -1.56. The van der Waals surface area contributed by atoms with Gasteiger partial charge < -0.3 is 10.4 Å². The molecule has 0 aliphatic carbocycles. The first-order chi connectivity index (χ1) is 9.30. The summed E-state index contributed by atoms with van der Waals surface area (Å²) >= 11 is 1.26. The Morgan fingerprint density at radius 1 is 1.35 bits per heavy atom. The third kappa shape index (κ3) is 6.06. The summed E-state index contributed by atoms with van der Waals surface area (Å²) in [5.74, 6) is -1.06. The van der Waals surface area contributed by atoms with E-state index in [4.69, 9.17) is 5.11 Å². The van der Waals surface area contributed by atoms with E-state index in [1.54, 1.807) is 32.0 Å². The van der Waals surface area contributed by atoms with Gasteiger partial charge in [-0.3, -0.25) is 9.59 Å². The van der Waals surface area contributed by atoms with Gasteiger partial charge in [0.1, 0.15) is 5.82 Å². The molecule has 1 aromatic carbocycles. The van der Waals surface area contributed by atoms with Crippen LogP contribution < -0.4 is 5.32 Å². The zero-order valence-corrected chi connectivity index (χ0v) is 12.3. The molecule has 1 rings (SSSR count). The van der Waals surface area contributed by atoms with Gasteiger partial charge in [-0.1, -0.05) is 12.1 Å². The highest BCUT2D eigenvalue weighted by Gasteiger charge is 2.23. The highest BCUT2D eigenvalue weighted by molar-refractivity contribution is 7.99. The van der Waals surface area contributed by atoms with Crippen molar-refractivity contribution in [1.29, 1.82) is 0 Å². The summed E-state index contributed by atoms with van der Waals surface area (Å²) in [7, 11) is 0. The monoisotopic (exact) mass is 299 g/mol. The number of carboxylic acid groups (broad SMARTS) is 1. The van der Waals surface area contributed by atoms with Gasteiger partial charge in [0, 0.05) is 22.6 Å². The number of hydrogen-bond acceptors (Lipinski definition) is 3. The number of amides is 1. The minimum absolute atomic E-state index is 0.140. The molecule has 1 aromatic rings. The lowest BCUT2D eigenvalue weighted by Gasteiger charge is -2.24. The molecule has 0 aromatic heterocycles. The Kier molecular flexibility index (Phi) is 6.01. The number of nitrogens with one attached hydrogen (secondary N) is 1. The Morgan fingerprint density at radius 3 is 2.60 bits per heavy atom. The van der Waals surface area contributed by atoms with E-state index in [0.29, 0.717) is 10.6 Å². The molecule has 2 N–H and O–H groups in total. The first kappa shape index (κ1) is 16.5. The molecule has 6 heteroatoms. The lowest BCUT2D eigenvalue weighted by molar-refractivity contribution is -0.138. The minimum atomic E-state index is -0.962. The van der Waals surface area contributed by atoms with E-state index in [0.717, 1.165) is 0 Å². The number of carboxylic acids is 1. The Labute approximate surface area is 121 Å². The van der Waals surface area contributed by atoms with Crippen LogP contribution in [0.25, 0.3) is 0 Å². The summed E-state index contributed by atoms with van der Waals surface area (Å²) in [4.78, 5) is 22.8. The normalized spacial score (nSPS) is 11.2. The molecule has 0 bridgehead atoms. The quantitative estimate of drug-likeness (QED) is 0.760. The number of thioether (sulfide) groups is 1. The highest BCUT2D eigenvalue weighted by Crippen LogP contribution is 2.21. The Balaban J connectivity index is 2.37. The molecular formula is C14H18FNO3S. The maximum Gasteiger partial charge on any atom is 0.305 e. The van der Waals surface area contributed by atoms with Gasteiger partial charge in [0.2, 0.25) is 5.91 Å². The van der Waals surface area contributed by atoms with E-state index in [2.05, 4.69) is 5.32 Å². The van der Waals surface area contributed by atoms with Crippen LogP contribution in [0.3, 0.4) is 0 Å². The van der Waals surface area contributed by atoms with Gasteiger partial charge in [-0.25, -0.2) is 4.39 Å². The Bertz CT molecular complexity index is 491. The molecule has 110 valence electrons. The van der Waals surface area contributed by atoms with Gasteiger partial charge in [0.05, 0.1) is 6.42 Å². The summed E-state index contributed by atoms with van der Waals surface area (Å²) in [5, 5.41) is 11.4. The van der Waals surface area contributed by atoms with Crippen molar-refractivity contribution in [2.24, 2.45) is 0 Å². The van der Waals surface area contributed by atoms with E-state index < -0.39 is 11.5 Å². The summed E-state index contributed by atoms with van der Waals surface area (Å²) in [6.45, 7) is 3.31. The molecule has 20 heavy (non-hydrogen) atoms. The largest absolute Gasteiger partial charge is 0.481 e. The minimum Gasteiger partial charge on any atom is -0.481 e. The van der Waals surface area contributed by atoms with E-state index in [1.807, 2.05) is 0 Å². The molecule has 0 saturated carbocycles. The fourth-order valence-electron chi connectivity index (χ4n) is 1.68.